The molecule has 0 bridgehead atoms. The van der Waals surface area contributed by atoms with Crippen LogP contribution in [0.5, 0.6) is 0 Å². The van der Waals surface area contributed by atoms with Crippen LogP contribution in [0.15, 0.2) is 22.8 Å². The third-order valence-corrected chi connectivity index (χ3v) is 3.91. The van der Waals surface area contributed by atoms with E-state index < -0.39 is 13.0 Å². The Kier molecular flexibility index (Phi) is 4.64. The summed E-state index contributed by atoms with van der Waals surface area (Å²) in [5.74, 6) is 0.608. The maximum atomic E-state index is 11.8. The van der Waals surface area contributed by atoms with Gasteiger partial charge < -0.3 is 4.74 Å². The van der Waals surface area contributed by atoms with Crippen LogP contribution in [-0.4, -0.2) is 35.4 Å². The molecule has 0 fully saturated rings. The standard InChI is InChI=1S/C10H10F2N2OS2/c11-8(12)5-15-2-4-17-10-9-7(1-3-16-9)13-6-14-10/h1,3,6,8H,2,4-5H2. The molecule has 0 aliphatic rings. The normalized spacial score (nSPS) is 11.5. The third-order valence-electron chi connectivity index (χ3n) is 1.92. The van der Waals surface area contributed by atoms with E-state index in [2.05, 4.69) is 9.97 Å². The van der Waals surface area contributed by atoms with Gasteiger partial charge in [-0.05, 0) is 11.4 Å². The molecule has 0 aromatic carbocycles. The van der Waals surface area contributed by atoms with Crippen molar-refractivity contribution in [2.45, 2.75) is 11.5 Å². The minimum atomic E-state index is -2.40. The number of hydrogen-bond acceptors (Lipinski definition) is 5. The van der Waals surface area contributed by atoms with E-state index in [-0.39, 0.29) is 0 Å². The molecule has 0 saturated heterocycles. The van der Waals surface area contributed by atoms with E-state index in [9.17, 15) is 8.78 Å². The zero-order valence-electron chi connectivity index (χ0n) is 8.81. The van der Waals surface area contributed by atoms with Crippen LogP contribution in [0, 0.1) is 0 Å². The van der Waals surface area contributed by atoms with Crippen molar-refractivity contribution in [1.29, 1.82) is 0 Å². The predicted octanol–water partition coefficient (Wildman–Crippen LogP) is 3.07. The Morgan fingerprint density at radius 2 is 2.29 bits per heavy atom. The number of ether oxygens (including phenoxy) is 1. The van der Waals surface area contributed by atoms with Gasteiger partial charge in [0.25, 0.3) is 6.43 Å². The van der Waals surface area contributed by atoms with Crippen LogP contribution < -0.4 is 0 Å². The van der Waals surface area contributed by atoms with E-state index in [4.69, 9.17) is 4.74 Å². The van der Waals surface area contributed by atoms with Crippen LogP contribution in [0.25, 0.3) is 10.2 Å². The molecule has 7 heteroatoms. The molecule has 92 valence electrons. The highest BCUT2D eigenvalue weighted by Crippen LogP contribution is 2.28. The number of thioether (sulfide) groups is 1. The molecule has 0 spiro atoms. The average molecular weight is 276 g/mol. The van der Waals surface area contributed by atoms with Crippen LogP contribution >= 0.6 is 23.1 Å². The second-order valence-electron chi connectivity index (χ2n) is 3.13. The minimum Gasteiger partial charge on any atom is -0.375 e. The number of halogens is 2. The summed E-state index contributed by atoms with van der Waals surface area (Å²) in [5.41, 5.74) is 0.918. The Balaban J connectivity index is 1.84. The van der Waals surface area contributed by atoms with Crippen LogP contribution in [0.4, 0.5) is 8.78 Å². The first-order chi connectivity index (χ1) is 8.27. The predicted molar refractivity (Wildman–Crippen MR) is 65.0 cm³/mol. The summed E-state index contributed by atoms with van der Waals surface area (Å²) in [6, 6.07) is 1.93. The lowest BCUT2D eigenvalue weighted by atomic mass is 10.5. The summed E-state index contributed by atoms with van der Waals surface area (Å²) in [4.78, 5) is 8.30. The Bertz CT molecular complexity index is 478. The van der Waals surface area contributed by atoms with Crippen molar-refractivity contribution >= 4 is 33.3 Å². The number of fused-ring (bicyclic) bond motifs is 1. The summed E-state index contributed by atoms with van der Waals surface area (Å²) in [6.45, 7) is -0.204. The first-order valence-electron chi connectivity index (χ1n) is 4.94. The van der Waals surface area contributed by atoms with Crippen LogP contribution in [-0.2, 0) is 4.74 Å². The molecule has 0 amide bonds. The summed E-state index contributed by atoms with van der Waals surface area (Å²) >= 11 is 3.07. The van der Waals surface area contributed by atoms with E-state index in [0.29, 0.717) is 12.4 Å². The molecule has 0 unspecified atom stereocenters. The molecule has 2 aromatic rings. The summed E-state index contributed by atoms with van der Waals surface area (Å²) in [5, 5.41) is 2.84. The molecule has 0 aliphatic carbocycles. The first-order valence-corrected chi connectivity index (χ1v) is 6.81. The number of rotatable bonds is 6. The van der Waals surface area contributed by atoms with Gasteiger partial charge in [-0.2, -0.15) is 0 Å². The Morgan fingerprint density at radius 1 is 1.41 bits per heavy atom. The fourth-order valence-electron chi connectivity index (χ4n) is 1.24. The fourth-order valence-corrected chi connectivity index (χ4v) is 3.04. The van der Waals surface area contributed by atoms with Crippen LogP contribution in [0.2, 0.25) is 0 Å². The van der Waals surface area contributed by atoms with Gasteiger partial charge in [0.15, 0.2) is 0 Å². The van der Waals surface area contributed by atoms with Gasteiger partial charge in [-0.15, -0.1) is 23.1 Å². The molecule has 17 heavy (non-hydrogen) atoms. The van der Waals surface area contributed by atoms with E-state index in [1.54, 1.807) is 11.3 Å². The van der Waals surface area contributed by atoms with Crippen LogP contribution in [0.3, 0.4) is 0 Å². The first kappa shape index (κ1) is 12.7. The number of alkyl halides is 2. The van der Waals surface area contributed by atoms with Crippen molar-refractivity contribution in [2.24, 2.45) is 0 Å². The SMILES string of the molecule is FC(F)COCCSc1ncnc2ccsc12. The van der Waals surface area contributed by atoms with Crippen molar-refractivity contribution in [2.75, 3.05) is 19.0 Å². The van der Waals surface area contributed by atoms with Gasteiger partial charge in [0, 0.05) is 5.75 Å². The monoisotopic (exact) mass is 276 g/mol. The fraction of sp³-hybridized carbons (Fsp3) is 0.400. The molecule has 2 heterocycles. The third kappa shape index (κ3) is 3.58. The molecule has 0 saturated carbocycles. The Labute approximate surface area is 105 Å². The maximum absolute atomic E-state index is 11.8. The van der Waals surface area contributed by atoms with Gasteiger partial charge >= 0.3 is 0 Å². The number of thiophene rings is 1. The van der Waals surface area contributed by atoms with E-state index in [0.717, 1.165) is 15.2 Å². The van der Waals surface area contributed by atoms with Crippen LogP contribution in [0.1, 0.15) is 0 Å². The average Bonchev–Trinajstić information content (AvgIpc) is 2.77. The second kappa shape index (κ2) is 6.23. The zero-order valence-corrected chi connectivity index (χ0v) is 10.4. The van der Waals surface area contributed by atoms with E-state index >= 15 is 0 Å². The van der Waals surface area contributed by atoms with Crippen molar-refractivity contribution < 1.29 is 13.5 Å². The summed E-state index contributed by atoms with van der Waals surface area (Å²) < 4.78 is 29.4. The Morgan fingerprint density at radius 3 is 3.12 bits per heavy atom. The maximum Gasteiger partial charge on any atom is 0.261 e. The second-order valence-corrected chi connectivity index (χ2v) is 5.13. The van der Waals surface area contributed by atoms with Gasteiger partial charge in [0.2, 0.25) is 0 Å². The van der Waals surface area contributed by atoms with Gasteiger partial charge in [0.05, 0.1) is 16.8 Å². The molecular formula is C10H10F2N2OS2. The molecule has 0 atom stereocenters. The van der Waals surface area contributed by atoms with Gasteiger partial charge in [-0.3, -0.25) is 0 Å². The largest absolute Gasteiger partial charge is 0.375 e. The highest BCUT2D eigenvalue weighted by molar-refractivity contribution is 7.99. The van der Waals surface area contributed by atoms with E-state index in [1.807, 2.05) is 11.4 Å². The van der Waals surface area contributed by atoms with Gasteiger partial charge in [-0.25, -0.2) is 18.7 Å². The highest BCUT2D eigenvalue weighted by atomic mass is 32.2. The molecule has 0 N–H and O–H groups in total. The minimum absolute atomic E-state index is 0.297. The topological polar surface area (TPSA) is 35.0 Å². The molecule has 0 radical (unpaired) electrons. The number of aromatic nitrogens is 2. The molecule has 2 rings (SSSR count). The molecule has 3 nitrogen and oxygen atoms in total. The zero-order chi connectivity index (χ0) is 12.1. The van der Waals surface area contributed by atoms with Crippen molar-refractivity contribution in [3.63, 3.8) is 0 Å². The summed E-state index contributed by atoms with van der Waals surface area (Å²) in [6.07, 6.45) is -0.889. The quantitative estimate of drug-likeness (QED) is 0.461. The van der Waals surface area contributed by atoms with Crippen molar-refractivity contribution in [3.8, 4) is 0 Å². The number of hydrogen-bond donors (Lipinski definition) is 0. The smallest absolute Gasteiger partial charge is 0.261 e. The van der Waals surface area contributed by atoms with Crippen molar-refractivity contribution in [1.82, 2.24) is 9.97 Å². The molecule has 2 aromatic heterocycles. The van der Waals surface area contributed by atoms with Gasteiger partial charge in [0.1, 0.15) is 18.0 Å². The number of nitrogens with zero attached hydrogens (tertiary/aromatic N) is 2. The Hall–Kier alpha value is -0.790. The lowest BCUT2D eigenvalue weighted by Crippen LogP contribution is -2.06. The molecular weight excluding hydrogens is 266 g/mol. The van der Waals surface area contributed by atoms with Gasteiger partial charge in [-0.1, -0.05) is 0 Å². The van der Waals surface area contributed by atoms with E-state index in [1.165, 1.54) is 18.1 Å². The summed E-state index contributed by atoms with van der Waals surface area (Å²) in [7, 11) is 0. The molecule has 0 aliphatic heterocycles. The highest BCUT2D eigenvalue weighted by Gasteiger charge is 2.06. The lowest BCUT2D eigenvalue weighted by molar-refractivity contribution is 0.0237. The van der Waals surface area contributed by atoms with Crippen molar-refractivity contribution in [3.05, 3.63) is 17.8 Å². The lowest BCUT2D eigenvalue weighted by Gasteiger charge is -2.03.